The van der Waals surface area contributed by atoms with Crippen LogP contribution in [-0.4, -0.2) is 25.1 Å². The van der Waals surface area contributed by atoms with Crippen LogP contribution >= 0.6 is 0 Å². The van der Waals surface area contributed by atoms with E-state index in [1.54, 1.807) is 12.1 Å². The second-order valence-electron chi connectivity index (χ2n) is 2.86. The summed E-state index contributed by atoms with van der Waals surface area (Å²) in [6.45, 7) is 0.913. The number of nitro groups is 1. The molecule has 0 aliphatic heterocycles. The van der Waals surface area contributed by atoms with Crippen molar-refractivity contribution in [2.24, 2.45) is 5.73 Å². The van der Waals surface area contributed by atoms with E-state index in [2.05, 4.69) is 5.32 Å². The SMILES string of the molecule is COc1ccc(NCCN)c([N+](=O)[O-])c1.[Cl-]. The molecule has 6 nitrogen and oxygen atoms in total. The van der Waals surface area contributed by atoms with Gasteiger partial charge in [-0.2, -0.15) is 0 Å². The van der Waals surface area contributed by atoms with E-state index in [4.69, 9.17) is 10.5 Å². The number of methoxy groups -OCH3 is 1. The minimum Gasteiger partial charge on any atom is -1.00 e. The summed E-state index contributed by atoms with van der Waals surface area (Å²) in [4.78, 5) is 10.3. The van der Waals surface area contributed by atoms with Gasteiger partial charge in [-0.1, -0.05) is 0 Å². The van der Waals surface area contributed by atoms with Gasteiger partial charge in [-0.3, -0.25) is 10.1 Å². The quantitative estimate of drug-likeness (QED) is 0.462. The molecule has 0 aliphatic carbocycles. The summed E-state index contributed by atoms with van der Waals surface area (Å²) in [5, 5.41) is 13.6. The number of nitrogens with zero attached hydrogens (tertiary/aromatic N) is 1. The smallest absolute Gasteiger partial charge is 0.296 e. The highest BCUT2D eigenvalue weighted by molar-refractivity contribution is 5.63. The topological polar surface area (TPSA) is 90.4 Å². The normalized spacial score (nSPS) is 9.12. The number of benzene rings is 1. The molecular weight excluding hydrogens is 234 g/mol. The maximum atomic E-state index is 10.7. The molecule has 0 saturated heterocycles. The van der Waals surface area contributed by atoms with Crippen LogP contribution in [0.1, 0.15) is 0 Å². The fourth-order valence-electron chi connectivity index (χ4n) is 1.15. The molecule has 1 rings (SSSR count). The highest BCUT2D eigenvalue weighted by atomic mass is 35.5. The maximum Gasteiger partial charge on any atom is 0.296 e. The second-order valence-corrected chi connectivity index (χ2v) is 2.86. The summed E-state index contributed by atoms with van der Waals surface area (Å²) in [6.07, 6.45) is 0. The van der Waals surface area contributed by atoms with Gasteiger partial charge in [0.2, 0.25) is 0 Å². The van der Waals surface area contributed by atoms with Crippen molar-refractivity contribution >= 4 is 11.4 Å². The molecular formula is C9H13ClN3O3-. The van der Waals surface area contributed by atoms with Crippen LogP contribution in [0.25, 0.3) is 0 Å². The molecule has 0 radical (unpaired) electrons. The van der Waals surface area contributed by atoms with Crippen molar-refractivity contribution in [3.05, 3.63) is 28.3 Å². The second kappa shape index (κ2) is 6.86. The van der Waals surface area contributed by atoms with Crippen LogP contribution in [0.15, 0.2) is 18.2 Å². The minimum atomic E-state index is -0.457. The molecule has 16 heavy (non-hydrogen) atoms. The minimum absolute atomic E-state index is 0. The Morgan fingerprint density at radius 1 is 1.56 bits per heavy atom. The lowest BCUT2D eigenvalue weighted by Gasteiger charge is -2.06. The Hall–Kier alpha value is -1.53. The fourth-order valence-corrected chi connectivity index (χ4v) is 1.15. The number of anilines is 1. The van der Waals surface area contributed by atoms with Crippen molar-refractivity contribution in [3.8, 4) is 5.75 Å². The average molecular weight is 247 g/mol. The number of nitrogens with one attached hydrogen (secondary N) is 1. The van der Waals surface area contributed by atoms with Crippen LogP contribution in [0.5, 0.6) is 5.75 Å². The van der Waals surface area contributed by atoms with Crippen LogP contribution in [0.4, 0.5) is 11.4 Å². The van der Waals surface area contributed by atoms with Crippen molar-refractivity contribution in [2.75, 3.05) is 25.5 Å². The molecule has 90 valence electrons. The molecule has 1 aromatic carbocycles. The molecule has 0 spiro atoms. The van der Waals surface area contributed by atoms with E-state index in [1.165, 1.54) is 13.2 Å². The average Bonchev–Trinajstić information content (AvgIpc) is 2.26. The van der Waals surface area contributed by atoms with E-state index in [0.717, 1.165) is 0 Å². The number of rotatable bonds is 5. The number of nitro benzene ring substituents is 1. The number of hydrogen-bond acceptors (Lipinski definition) is 5. The van der Waals surface area contributed by atoms with E-state index in [0.29, 0.717) is 24.5 Å². The van der Waals surface area contributed by atoms with E-state index in [9.17, 15) is 10.1 Å². The molecule has 0 fully saturated rings. The first kappa shape index (κ1) is 14.5. The predicted octanol–water partition coefficient (Wildman–Crippen LogP) is -2.02. The Morgan fingerprint density at radius 3 is 2.75 bits per heavy atom. The van der Waals surface area contributed by atoms with Gasteiger partial charge in [0.25, 0.3) is 5.69 Å². The fraction of sp³-hybridized carbons (Fsp3) is 0.333. The zero-order valence-corrected chi connectivity index (χ0v) is 9.53. The van der Waals surface area contributed by atoms with Crippen molar-refractivity contribution in [1.29, 1.82) is 0 Å². The Kier molecular flexibility index (Phi) is 6.21. The van der Waals surface area contributed by atoms with Crippen LogP contribution in [0.3, 0.4) is 0 Å². The van der Waals surface area contributed by atoms with E-state index < -0.39 is 4.92 Å². The zero-order chi connectivity index (χ0) is 11.3. The Morgan fingerprint density at radius 2 is 2.25 bits per heavy atom. The van der Waals surface area contributed by atoms with Crippen molar-refractivity contribution in [3.63, 3.8) is 0 Å². The predicted molar refractivity (Wildman–Crippen MR) is 57.2 cm³/mol. The molecule has 3 N–H and O–H groups in total. The summed E-state index contributed by atoms with van der Waals surface area (Å²) in [6, 6.07) is 4.64. The molecule has 0 bridgehead atoms. The summed E-state index contributed by atoms with van der Waals surface area (Å²) in [7, 11) is 1.46. The van der Waals surface area contributed by atoms with Gasteiger partial charge in [0, 0.05) is 13.1 Å². The van der Waals surface area contributed by atoms with Crippen molar-refractivity contribution in [1.82, 2.24) is 0 Å². The van der Waals surface area contributed by atoms with Crippen LogP contribution < -0.4 is 28.2 Å². The highest BCUT2D eigenvalue weighted by Gasteiger charge is 2.14. The van der Waals surface area contributed by atoms with Gasteiger partial charge >= 0.3 is 0 Å². The van der Waals surface area contributed by atoms with Gasteiger partial charge in [-0.05, 0) is 12.1 Å². The number of halogens is 1. The van der Waals surface area contributed by atoms with E-state index in [-0.39, 0.29) is 18.1 Å². The molecule has 0 aromatic heterocycles. The maximum absolute atomic E-state index is 10.7. The number of nitrogens with two attached hydrogens (primary N) is 1. The first-order chi connectivity index (χ1) is 7.19. The molecule has 0 unspecified atom stereocenters. The third kappa shape index (κ3) is 3.56. The van der Waals surface area contributed by atoms with Crippen molar-refractivity contribution < 1.29 is 22.1 Å². The Balaban J connectivity index is 0.00000225. The van der Waals surface area contributed by atoms with Gasteiger partial charge in [-0.25, -0.2) is 0 Å². The standard InChI is InChI=1S/C9H13N3O3.ClH/c1-15-7-2-3-8(11-5-4-10)9(6-7)12(13)14;/h2-3,6,11H,4-5,10H2,1H3;1H/p-1. The van der Waals surface area contributed by atoms with Crippen molar-refractivity contribution in [2.45, 2.75) is 0 Å². The van der Waals surface area contributed by atoms with Crippen LogP contribution in [0, 0.1) is 10.1 Å². The number of ether oxygens (including phenoxy) is 1. The number of hydrogen-bond donors (Lipinski definition) is 2. The molecule has 0 atom stereocenters. The van der Waals surface area contributed by atoms with Gasteiger partial charge in [-0.15, -0.1) is 0 Å². The Labute approximate surface area is 99.3 Å². The third-order valence-electron chi connectivity index (χ3n) is 1.86. The van der Waals surface area contributed by atoms with Gasteiger partial charge in [0.05, 0.1) is 18.1 Å². The summed E-state index contributed by atoms with van der Waals surface area (Å²) >= 11 is 0. The molecule has 0 heterocycles. The largest absolute Gasteiger partial charge is 1.00 e. The van der Waals surface area contributed by atoms with Crippen LogP contribution in [-0.2, 0) is 0 Å². The van der Waals surface area contributed by atoms with E-state index in [1.807, 2.05) is 0 Å². The van der Waals surface area contributed by atoms with Crippen LogP contribution in [0.2, 0.25) is 0 Å². The Bertz CT molecular complexity index is 360. The van der Waals surface area contributed by atoms with Gasteiger partial charge < -0.3 is 28.2 Å². The first-order valence-corrected chi connectivity index (χ1v) is 4.45. The molecule has 0 saturated carbocycles. The zero-order valence-electron chi connectivity index (χ0n) is 8.77. The lowest BCUT2D eigenvalue weighted by Crippen LogP contribution is -3.00. The third-order valence-corrected chi connectivity index (χ3v) is 1.86. The monoisotopic (exact) mass is 246 g/mol. The van der Waals surface area contributed by atoms with Gasteiger partial charge in [0.1, 0.15) is 11.4 Å². The molecule has 7 heteroatoms. The lowest BCUT2D eigenvalue weighted by molar-refractivity contribution is -0.384. The molecule has 0 aliphatic rings. The summed E-state index contributed by atoms with van der Waals surface area (Å²) < 4.78 is 4.91. The molecule has 1 aromatic rings. The first-order valence-electron chi connectivity index (χ1n) is 4.45. The summed E-state index contributed by atoms with van der Waals surface area (Å²) in [5.41, 5.74) is 5.74. The lowest BCUT2D eigenvalue weighted by atomic mass is 10.2. The van der Waals surface area contributed by atoms with Gasteiger partial charge in [0.15, 0.2) is 0 Å². The highest BCUT2D eigenvalue weighted by Crippen LogP contribution is 2.28. The summed E-state index contributed by atoms with van der Waals surface area (Å²) in [5.74, 6) is 0.458. The molecule has 0 amide bonds. The van der Waals surface area contributed by atoms with E-state index >= 15 is 0 Å².